The molecule has 1 aromatic carbocycles. The molecular weight excluding hydrogens is 241 g/mol. The molecule has 1 rings (SSSR count). The van der Waals surface area contributed by atoms with Crippen molar-refractivity contribution in [2.24, 2.45) is 5.92 Å². The molecule has 0 amide bonds. The molecule has 0 aliphatic heterocycles. The van der Waals surface area contributed by atoms with Crippen molar-refractivity contribution in [2.45, 2.75) is 52.2 Å². The lowest BCUT2D eigenvalue weighted by Crippen LogP contribution is -2.38. The third-order valence-corrected chi connectivity index (χ3v) is 3.72. The van der Waals surface area contributed by atoms with Gasteiger partial charge in [0.1, 0.15) is 5.82 Å². The molecule has 0 fully saturated rings. The fourth-order valence-corrected chi connectivity index (χ4v) is 2.37. The quantitative estimate of drug-likeness (QED) is 0.758. The zero-order chi connectivity index (χ0) is 14.3. The molecule has 0 aliphatic rings. The van der Waals surface area contributed by atoms with Gasteiger partial charge in [-0.3, -0.25) is 0 Å². The van der Waals surface area contributed by atoms with Crippen molar-refractivity contribution < 1.29 is 9.50 Å². The molecule has 2 atom stereocenters. The van der Waals surface area contributed by atoms with Crippen LogP contribution in [0.25, 0.3) is 0 Å². The summed E-state index contributed by atoms with van der Waals surface area (Å²) in [6, 6.07) is 6.87. The third kappa shape index (κ3) is 5.70. The minimum absolute atomic E-state index is 0.200. The Hall–Kier alpha value is -0.930. The van der Waals surface area contributed by atoms with Crippen molar-refractivity contribution in [3.05, 3.63) is 35.6 Å². The van der Waals surface area contributed by atoms with Crippen LogP contribution in [-0.4, -0.2) is 23.8 Å². The lowest BCUT2D eigenvalue weighted by molar-refractivity contribution is 0.0988. The summed E-state index contributed by atoms with van der Waals surface area (Å²) in [6.45, 7) is 6.93. The average molecular weight is 267 g/mol. The minimum atomic E-state index is -0.286. The molecule has 0 saturated heterocycles. The Morgan fingerprint density at radius 1 is 1.16 bits per heavy atom. The highest BCUT2D eigenvalue weighted by atomic mass is 19.1. The molecule has 2 unspecified atom stereocenters. The van der Waals surface area contributed by atoms with Crippen LogP contribution in [0, 0.1) is 11.7 Å². The van der Waals surface area contributed by atoms with E-state index in [0.717, 1.165) is 24.8 Å². The van der Waals surface area contributed by atoms with Crippen LogP contribution in [0.3, 0.4) is 0 Å². The van der Waals surface area contributed by atoms with Gasteiger partial charge in [-0.1, -0.05) is 38.8 Å². The summed E-state index contributed by atoms with van der Waals surface area (Å²) in [6.07, 6.45) is 2.57. The van der Waals surface area contributed by atoms with Crippen molar-refractivity contribution >= 4 is 0 Å². The van der Waals surface area contributed by atoms with Crippen molar-refractivity contribution in [1.29, 1.82) is 0 Å². The second-order valence-electron chi connectivity index (χ2n) is 5.28. The topological polar surface area (TPSA) is 32.3 Å². The van der Waals surface area contributed by atoms with Gasteiger partial charge >= 0.3 is 0 Å². The molecule has 1 aromatic rings. The van der Waals surface area contributed by atoms with E-state index in [1.54, 1.807) is 0 Å². The number of nitrogens with one attached hydrogen (secondary N) is 1. The number of rotatable bonds is 8. The summed E-state index contributed by atoms with van der Waals surface area (Å²) in [5.74, 6) is 0.166. The van der Waals surface area contributed by atoms with Crippen molar-refractivity contribution in [3.8, 4) is 0 Å². The number of aliphatic hydroxyl groups is 1. The number of hydrogen-bond acceptors (Lipinski definition) is 2. The first-order valence-corrected chi connectivity index (χ1v) is 7.22. The SMILES string of the molecule is CCC(CC)C(O)CNC(C)Cc1ccc(F)cc1. The maximum Gasteiger partial charge on any atom is 0.123 e. The number of halogens is 1. The second kappa shape index (κ2) is 8.28. The first kappa shape index (κ1) is 16.1. The van der Waals surface area contributed by atoms with E-state index in [9.17, 15) is 9.50 Å². The second-order valence-corrected chi connectivity index (χ2v) is 5.28. The largest absolute Gasteiger partial charge is 0.392 e. The molecule has 2 nitrogen and oxygen atoms in total. The molecule has 0 aliphatic carbocycles. The molecule has 0 spiro atoms. The van der Waals surface area contributed by atoms with Crippen LogP contribution >= 0.6 is 0 Å². The summed E-state index contributed by atoms with van der Waals surface area (Å²) >= 11 is 0. The normalized spacial score (nSPS) is 14.6. The van der Waals surface area contributed by atoms with Gasteiger partial charge in [0, 0.05) is 12.6 Å². The van der Waals surface area contributed by atoms with E-state index in [0.29, 0.717) is 12.5 Å². The monoisotopic (exact) mass is 267 g/mol. The van der Waals surface area contributed by atoms with Crippen LogP contribution in [0.5, 0.6) is 0 Å². The summed E-state index contributed by atoms with van der Waals surface area (Å²) in [5, 5.41) is 13.4. The number of hydrogen-bond donors (Lipinski definition) is 2. The first-order chi connectivity index (χ1) is 9.06. The molecule has 0 bridgehead atoms. The molecule has 2 N–H and O–H groups in total. The summed E-state index contributed by atoms with van der Waals surface area (Å²) in [4.78, 5) is 0. The average Bonchev–Trinajstić information content (AvgIpc) is 2.40. The van der Waals surface area contributed by atoms with Gasteiger partial charge in [0.15, 0.2) is 0 Å². The van der Waals surface area contributed by atoms with Gasteiger partial charge in [0.25, 0.3) is 0 Å². The van der Waals surface area contributed by atoms with E-state index < -0.39 is 0 Å². The zero-order valence-electron chi connectivity index (χ0n) is 12.2. The van der Waals surface area contributed by atoms with Gasteiger partial charge < -0.3 is 10.4 Å². The van der Waals surface area contributed by atoms with E-state index in [-0.39, 0.29) is 18.0 Å². The maximum atomic E-state index is 12.8. The van der Waals surface area contributed by atoms with Crippen LogP contribution in [-0.2, 0) is 6.42 Å². The highest BCUT2D eigenvalue weighted by Gasteiger charge is 2.15. The predicted molar refractivity (Wildman–Crippen MR) is 77.6 cm³/mol. The Bertz CT molecular complexity index is 348. The van der Waals surface area contributed by atoms with E-state index in [2.05, 4.69) is 26.1 Å². The molecule has 0 heterocycles. The van der Waals surface area contributed by atoms with E-state index in [4.69, 9.17) is 0 Å². The summed E-state index contributed by atoms with van der Waals surface area (Å²) in [5.41, 5.74) is 1.11. The Morgan fingerprint density at radius 3 is 2.26 bits per heavy atom. The van der Waals surface area contributed by atoms with Gasteiger partial charge in [0.05, 0.1) is 6.10 Å². The fourth-order valence-electron chi connectivity index (χ4n) is 2.37. The molecule has 0 aromatic heterocycles. The van der Waals surface area contributed by atoms with Gasteiger partial charge in [-0.25, -0.2) is 4.39 Å². The smallest absolute Gasteiger partial charge is 0.123 e. The van der Waals surface area contributed by atoms with E-state index in [1.807, 2.05) is 12.1 Å². The van der Waals surface area contributed by atoms with Crippen LogP contribution in [0.1, 0.15) is 39.2 Å². The Kier molecular flexibility index (Phi) is 7.03. The van der Waals surface area contributed by atoms with Crippen LogP contribution in [0.4, 0.5) is 4.39 Å². The lowest BCUT2D eigenvalue weighted by Gasteiger charge is -2.23. The maximum absolute atomic E-state index is 12.8. The van der Waals surface area contributed by atoms with Gasteiger partial charge in [-0.05, 0) is 37.0 Å². The number of aliphatic hydroxyl groups excluding tert-OH is 1. The standard InChI is InChI=1S/C16H26FNO/c1-4-14(5-2)16(19)11-18-12(3)10-13-6-8-15(17)9-7-13/h6-9,12,14,16,18-19H,4-5,10-11H2,1-3H3. The minimum Gasteiger partial charge on any atom is -0.392 e. The lowest BCUT2D eigenvalue weighted by atomic mass is 9.96. The molecule has 0 radical (unpaired) electrons. The van der Waals surface area contributed by atoms with Gasteiger partial charge in [-0.2, -0.15) is 0 Å². The van der Waals surface area contributed by atoms with Crippen LogP contribution < -0.4 is 5.32 Å². The summed E-state index contributed by atoms with van der Waals surface area (Å²) in [7, 11) is 0. The Labute approximate surface area is 116 Å². The van der Waals surface area contributed by atoms with Crippen molar-refractivity contribution in [1.82, 2.24) is 5.32 Å². The third-order valence-electron chi connectivity index (χ3n) is 3.72. The Balaban J connectivity index is 2.35. The van der Waals surface area contributed by atoms with Gasteiger partial charge in [-0.15, -0.1) is 0 Å². The zero-order valence-corrected chi connectivity index (χ0v) is 12.2. The molecule has 108 valence electrons. The van der Waals surface area contributed by atoms with Gasteiger partial charge in [0.2, 0.25) is 0 Å². The Morgan fingerprint density at radius 2 is 1.74 bits per heavy atom. The van der Waals surface area contributed by atoms with E-state index in [1.165, 1.54) is 12.1 Å². The van der Waals surface area contributed by atoms with Crippen molar-refractivity contribution in [2.75, 3.05) is 6.54 Å². The van der Waals surface area contributed by atoms with Crippen LogP contribution in [0.15, 0.2) is 24.3 Å². The van der Waals surface area contributed by atoms with E-state index >= 15 is 0 Å². The molecule has 19 heavy (non-hydrogen) atoms. The first-order valence-electron chi connectivity index (χ1n) is 7.22. The fraction of sp³-hybridized carbons (Fsp3) is 0.625. The predicted octanol–water partition coefficient (Wildman–Crippen LogP) is 3.14. The summed E-state index contributed by atoms with van der Waals surface area (Å²) < 4.78 is 12.8. The highest BCUT2D eigenvalue weighted by molar-refractivity contribution is 5.16. The number of benzene rings is 1. The van der Waals surface area contributed by atoms with Crippen LogP contribution in [0.2, 0.25) is 0 Å². The van der Waals surface area contributed by atoms with Crippen molar-refractivity contribution in [3.63, 3.8) is 0 Å². The molecule has 3 heteroatoms. The molecule has 0 saturated carbocycles. The highest BCUT2D eigenvalue weighted by Crippen LogP contribution is 2.12. The molecular formula is C16H26FNO.